The fourth-order valence-electron chi connectivity index (χ4n) is 3.22. The van der Waals surface area contributed by atoms with Crippen LogP contribution in [0.25, 0.3) is 11.5 Å². The number of nitrogens with zero attached hydrogens (tertiary/aromatic N) is 4. The largest absolute Gasteiger partial charge is 0.442 e. The summed E-state index contributed by atoms with van der Waals surface area (Å²) < 4.78 is 5.99. The molecule has 0 unspecified atom stereocenters. The van der Waals surface area contributed by atoms with E-state index in [1.54, 1.807) is 24.4 Å². The summed E-state index contributed by atoms with van der Waals surface area (Å²) in [5, 5.41) is 3.76. The van der Waals surface area contributed by atoms with Gasteiger partial charge in [-0.1, -0.05) is 11.2 Å². The van der Waals surface area contributed by atoms with E-state index in [9.17, 15) is 9.59 Å². The van der Waals surface area contributed by atoms with Gasteiger partial charge in [-0.15, -0.1) is 0 Å². The molecule has 1 amide bonds. The van der Waals surface area contributed by atoms with E-state index in [1.807, 2.05) is 18.7 Å². The molecule has 0 aromatic carbocycles. The molecule has 0 bridgehead atoms. The lowest BCUT2D eigenvalue weighted by atomic mass is 9.97. The first-order valence-electron chi connectivity index (χ1n) is 7.87. The van der Waals surface area contributed by atoms with E-state index in [-0.39, 0.29) is 30.4 Å². The highest BCUT2D eigenvalue weighted by Gasteiger charge is 2.30. The van der Waals surface area contributed by atoms with Crippen LogP contribution in [0.1, 0.15) is 33.1 Å². The number of carbonyl (C=O) groups is 1. The fourth-order valence-corrected chi connectivity index (χ4v) is 3.22. The molecular weight excluding hydrogens is 296 g/mol. The van der Waals surface area contributed by atoms with Crippen LogP contribution in [0.4, 0.5) is 0 Å². The Kier molecular flexibility index (Phi) is 4.27. The Labute approximate surface area is 133 Å². The van der Waals surface area contributed by atoms with Crippen LogP contribution in [0.2, 0.25) is 0 Å². The molecule has 2 aromatic rings. The van der Waals surface area contributed by atoms with E-state index in [2.05, 4.69) is 10.1 Å². The minimum absolute atomic E-state index is 0.0804. The van der Waals surface area contributed by atoms with Gasteiger partial charge in [-0.25, -0.2) is 9.36 Å². The number of pyridine rings is 1. The smallest absolute Gasteiger partial charge is 0.336 e. The van der Waals surface area contributed by atoms with Gasteiger partial charge in [-0.2, -0.15) is 0 Å². The van der Waals surface area contributed by atoms with Gasteiger partial charge >= 0.3 is 5.76 Å². The molecule has 0 spiro atoms. The van der Waals surface area contributed by atoms with Crippen molar-refractivity contribution in [2.75, 3.05) is 0 Å². The van der Waals surface area contributed by atoms with E-state index < -0.39 is 5.76 Å². The summed E-state index contributed by atoms with van der Waals surface area (Å²) in [6.45, 7) is 4.01. The van der Waals surface area contributed by atoms with Crippen molar-refractivity contribution in [3.05, 3.63) is 34.9 Å². The highest BCUT2D eigenvalue weighted by atomic mass is 16.5. The van der Waals surface area contributed by atoms with Crippen LogP contribution < -0.4 is 5.76 Å². The number of carbonyl (C=O) groups excluding carboxylic acids is 1. The molecule has 1 saturated heterocycles. The lowest BCUT2D eigenvalue weighted by Gasteiger charge is -2.39. The maximum Gasteiger partial charge on any atom is 0.442 e. The molecule has 2 atom stereocenters. The molecule has 0 radical (unpaired) electrons. The molecule has 1 fully saturated rings. The fraction of sp³-hybridized carbons (Fsp3) is 0.500. The number of aromatic nitrogens is 3. The van der Waals surface area contributed by atoms with Gasteiger partial charge in [0.15, 0.2) is 0 Å². The van der Waals surface area contributed by atoms with Crippen molar-refractivity contribution < 1.29 is 9.32 Å². The molecule has 1 aliphatic rings. The highest BCUT2D eigenvalue weighted by Crippen LogP contribution is 2.23. The summed E-state index contributed by atoms with van der Waals surface area (Å²) in [5.41, 5.74) is 0.505. The molecule has 0 saturated carbocycles. The molecule has 2 aromatic heterocycles. The average molecular weight is 316 g/mol. The molecular formula is C16H20N4O3. The molecule has 3 rings (SSSR count). The maximum atomic E-state index is 12.7. The summed E-state index contributed by atoms with van der Waals surface area (Å²) in [7, 11) is 0. The summed E-state index contributed by atoms with van der Waals surface area (Å²) in [6, 6.07) is 5.65. The van der Waals surface area contributed by atoms with Crippen LogP contribution in [-0.4, -0.2) is 37.6 Å². The van der Waals surface area contributed by atoms with Crippen molar-refractivity contribution >= 4 is 5.91 Å². The number of piperidine rings is 1. The zero-order valence-electron chi connectivity index (χ0n) is 13.3. The minimum Gasteiger partial charge on any atom is -0.336 e. The zero-order valence-corrected chi connectivity index (χ0v) is 13.3. The molecule has 0 N–H and O–H groups in total. The van der Waals surface area contributed by atoms with Gasteiger partial charge in [0, 0.05) is 18.3 Å². The van der Waals surface area contributed by atoms with Crippen molar-refractivity contribution in [2.24, 2.45) is 0 Å². The second-order valence-corrected chi connectivity index (χ2v) is 6.00. The third-order valence-electron chi connectivity index (χ3n) is 4.36. The standard InChI is InChI=1S/C16H20N4O3/c1-11-6-5-7-12(2)20(11)14(21)10-19-15(18-23-16(19)22)13-8-3-4-9-17-13/h3-4,8-9,11-12H,5-7,10H2,1-2H3/t11-,12-/m0/s1. The second kappa shape index (κ2) is 6.36. The van der Waals surface area contributed by atoms with E-state index in [0.717, 1.165) is 19.3 Å². The van der Waals surface area contributed by atoms with Crippen molar-refractivity contribution in [2.45, 2.75) is 51.7 Å². The SMILES string of the molecule is C[C@H]1CCC[C@H](C)N1C(=O)Cn1c(-c2ccccn2)noc1=O. The molecule has 1 aliphatic heterocycles. The minimum atomic E-state index is -0.642. The summed E-state index contributed by atoms with van der Waals surface area (Å²) in [5.74, 6) is -0.454. The third-order valence-corrected chi connectivity index (χ3v) is 4.36. The van der Waals surface area contributed by atoms with E-state index in [0.29, 0.717) is 5.69 Å². The van der Waals surface area contributed by atoms with Crippen molar-refractivity contribution in [3.63, 3.8) is 0 Å². The molecule has 7 nitrogen and oxygen atoms in total. The van der Waals surface area contributed by atoms with Gasteiger partial charge in [0.2, 0.25) is 11.7 Å². The first-order valence-corrected chi connectivity index (χ1v) is 7.87. The van der Waals surface area contributed by atoms with Gasteiger partial charge in [0.1, 0.15) is 12.2 Å². The van der Waals surface area contributed by atoms with E-state index in [1.165, 1.54) is 4.57 Å². The Bertz CT molecular complexity index is 727. The average Bonchev–Trinajstić information content (AvgIpc) is 2.89. The van der Waals surface area contributed by atoms with Crippen LogP contribution >= 0.6 is 0 Å². The normalized spacial score (nSPS) is 21.4. The van der Waals surface area contributed by atoms with Crippen LogP contribution in [0.3, 0.4) is 0 Å². The van der Waals surface area contributed by atoms with Gasteiger partial charge < -0.3 is 4.90 Å². The lowest BCUT2D eigenvalue weighted by molar-refractivity contribution is -0.138. The number of likely N-dealkylation sites (tertiary alicyclic amines) is 1. The molecule has 23 heavy (non-hydrogen) atoms. The molecule has 7 heteroatoms. The van der Waals surface area contributed by atoms with Gasteiger partial charge in [-0.05, 0) is 45.2 Å². The first-order chi connectivity index (χ1) is 11.1. The predicted octanol–water partition coefficient (Wildman–Crippen LogP) is 1.69. The predicted molar refractivity (Wildman–Crippen MR) is 83.6 cm³/mol. The number of rotatable bonds is 3. The summed E-state index contributed by atoms with van der Waals surface area (Å²) in [6.07, 6.45) is 4.71. The molecule has 122 valence electrons. The van der Waals surface area contributed by atoms with Gasteiger partial charge in [0.25, 0.3) is 0 Å². The van der Waals surface area contributed by atoms with Gasteiger partial charge in [-0.3, -0.25) is 14.3 Å². The Morgan fingerprint density at radius 1 is 1.30 bits per heavy atom. The van der Waals surface area contributed by atoms with Crippen molar-refractivity contribution in [1.82, 2.24) is 19.6 Å². The highest BCUT2D eigenvalue weighted by molar-refractivity contribution is 5.77. The summed E-state index contributed by atoms with van der Waals surface area (Å²) >= 11 is 0. The van der Waals surface area contributed by atoms with Gasteiger partial charge in [0.05, 0.1) is 0 Å². The van der Waals surface area contributed by atoms with Crippen LogP contribution in [0.5, 0.6) is 0 Å². The Morgan fingerprint density at radius 3 is 2.70 bits per heavy atom. The quantitative estimate of drug-likeness (QED) is 0.860. The maximum absolute atomic E-state index is 12.7. The molecule has 0 aliphatic carbocycles. The van der Waals surface area contributed by atoms with E-state index in [4.69, 9.17) is 4.52 Å². The number of hydrogen-bond donors (Lipinski definition) is 0. The van der Waals surface area contributed by atoms with Crippen LogP contribution in [-0.2, 0) is 11.3 Å². The Balaban J connectivity index is 1.87. The second-order valence-electron chi connectivity index (χ2n) is 6.00. The number of amides is 1. The van der Waals surface area contributed by atoms with Crippen LogP contribution in [0.15, 0.2) is 33.7 Å². The lowest BCUT2D eigenvalue weighted by Crippen LogP contribution is -2.49. The van der Waals surface area contributed by atoms with E-state index >= 15 is 0 Å². The zero-order chi connectivity index (χ0) is 16.4. The first kappa shape index (κ1) is 15.5. The number of hydrogen-bond acceptors (Lipinski definition) is 5. The monoisotopic (exact) mass is 316 g/mol. The summed E-state index contributed by atoms with van der Waals surface area (Å²) in [4.78, 5) is 30.7. The van der Waals surface area contributed by atoms with Crippen LogP contribution in [0, 0.1) is 0 Å². The third kappa shape index (κ3) is 3.04. The Hall–Kier alpha value is -2.44. The topological polar surface area (TPSA) is 81.2 Å². The van der Waals surface area contributed by atoms with Crippen molar-refractivity contribution in [3.8, 4) is 11.5 Å². The van der Waals surface area contributed by atoms with Crippen molar-refractivity contribution in [1.29, 1.82) is 0 Å². The molecule has 3 heterocycles. The Morgan fingerprint density at radius 2 is 2.04 bits per heavy atom.